The number of hydrogen-bond donors (Lipinski definition) is 1. The highest BCUT2D eigenvalue weighted by Gasteiger charge is 2.43. The molecular weight excluding hydrogens is 642 g/mol. The van der Waals surface area contributed by atoms with E-state index in [0.717, 1.165) is 5.56 Å². The number of hydrogen-bond acceptors (Lipinski definition) is 7. The number of aliphatic carboxylic acids is 1. The molecule has 14 heteroatoms. The van der Waals surface area contributed by atoms with Gasteiger partial charge in [-0.05, 0) is 72.9 Å². The number of methoxy groups -OCH3 is 1. The number of pyridine rings is 1. The Morgan fingerprint density at radius 1 is 0.917 bits per heavy atom. The Bertz CT molecular complexity index is 1670. The molecule has 2 aromatic carbocycles. The van der Waals surface area contributed by atoms with Crippen LogP contribution in [0, 0.1) is 0 Å². The first-order chi connectivity index (χ1) is 22.5. The molecule has 1 N–H and O–H groups in total. The molecule has 48 heavy (non-hydrogen) atoms. The number of halogens is 6. The van der Waals surface area contributed by atoms with Gasteiger partial charge >= 0.3 is 18.3 Å². The molecule has 0 fully saturated rings. The molecule has 0 aliphatic rings. The molecule has 4 rings (SSSR count). The second-order valence-electron chi connectivity index (χ2n) is 11.5. The number of carboxylic acid groups (broad SMARTS) is 1. The lowest BCUT2D eigenvalue weighted by Gasteiger charge is -2.42. The maximum absolute atomic E-state index is 13.9. The van der Waals surface area contributed by atoms with Gasteiger partial charge in [0, 0.05) is 24.7 Å². The van der Waals surface area contributed by atoms with Gasteiger partial charge in [0.2, 0.25) is 5.95 Å². The summed E-state index contributed by atoms with van der Waals surface area (Å²) in [5.74, 6) is -0.445. The lowest BCUT2D eigenvalue weighted by molar-refractivity contribution is -0.143. The Morgan fingerprint density at radius 3 is 2.08 bits per heavy atom. The van der Waals surface area contributed by atoms with Gasteiger partial charge in [0.05, 0.1) is 42.9 Å². The first-order valence-corrected chi connectivity index (χ1v) is 14.9. The lowest BCUT2D eigenvalue weighted by atomic mass is 9.83. The van der Waals surface area contributed by atoms with E-state index in [4.69, 9.17) is 14.6 Å². The molecule has 0 aliphatic carbocycles. The molecule has 0 aliphatic heterocycles. The number of ether oxygens (including phenoxy) is 2. The van der Waals surface area contributed by atoms with E-state index in [0.29, 0.717) is 29.1 Å². The van der Waals surface area contributed by atoms with Crippen molar-refractivity contribution in [1.82, 2.24) is 15.0 Å². The minimum absolute atomic E-state index is 0.0442. The number of alkyl halides is 6. The minimum Gasteiger partial charge on any atom is -0.496 e. The number of nitrogens with zero attached hydrogens (tertiary/aromatic N) is 4. The molecule has 8 nitrogen and oxygen atoms in total. The van der Waals surface area contributed by atoms with Crippen LogP contribution in [0.1, 0.15) is 73.0 Å². The summed E-state index contributed by atoms with van der Waals surface area (Å²) in [6.07, 6.45) is -5.92. The summed E-state index contributed by atoms with van der Waals surface area (Å²) in [7, 11) is 1.45. The predicted molar refractivity (Wildman–Crippen MR) is 165 cm³/mol. The maximum Gasteiger partial charge on any atom is 0.416 e. The van der Waals surface area contributed by atoms with Gasteiger partial charge in [-0.25, -0.2) is 9.97 Å². The third-order valence-corrected chi connectivity index (χ3v) is 7.77. The van der Waals surface area contributed by atoms with Crippen LogP contribution in [0.4, 0.5) is 32.3 Å². The number of aromatic nitrogens is 3. The number of carbonyl (C=O) groups is 1. The van der Waals surface area contributed by atoms with Crippen molar-refractivity contribution in [3.05, 3.63) is 107 Å². The highest BCUT2D eigenvalue weighted by Crippen LogP contribution is 2.44. The largest absolute Gasteiger partial charge is 0.496 e. The first kappa shape index (κ1) is 36.0. The lowest BCUT2D eigenvalue weighted by Crippen LogP contribution is -2.46. The molecule has 0 bridgehead atoms. The Balaban J connectivity index is 1.97. The molecule has 1 unspecified atom stereocenters. The molecule has 0 saturated heterocycles. The van der Waals surface area contributed by atoms with Crippen molar-refractivity contribution in [2.75, 3.05) is 18.6 Å². The molecular formula is C34H34F6N4O4. The van der Waals surface area contributed by atoms with Crippen molar-refractivity contribution in [3.63, 3.8) is 0 Å². The maximum atomic E-state index is 13.9. The number of benzene rings is 2. The molecule has 256 valence electrons. The normalized spacial score (nSPS) is 13.2. The van der Waals surface area contributed by atoms with E-state index >= 15 is 0 Å². The predicted octanol–water partition coefficient (Wildman–Crippen LogP) is 8.26. The summed E-state index contributed by atoms with van der Waals surface area (Å²) in [5, 5.41) is 8.88. The Labute approximate surface area is 273 Å². The Kier molecular flexibility index (Phi) is 10.9. The third-order valence-electron chi connectivity index (χ3n) is 7.77. The summed E-state index contributed by atoms with van der Waals surface area (Å²) >= 11 is 0. The van der Waals surface area contributed by atoms with E-state index in [1.807, 2.05) is 26.0 Å². The van der Waals surface area contributed by atoms with Crippen molar-refractivity contribution in [2.24, 2.45) is 0 Å². The summed E-state index contributed by atoms with van der Waals surface area (Å²) in [5.41, 5.74) is -2.89. The zero-order chi connectivity index (χ0) is 35.3. The minimum atomic E-state index is -5.06. The fraction of sp³-hybridized carbons (Fsp3) is 0.353. The number of rotatable bonds is 13. The van der Waals surface area contributed by atoms with Crippen LogP contribution >= 0.6 is 0 Å². The Hall–Kier alpha value is -4.88. The van der Waals surface area contributed by atoms with E-state index in [2.05, 4.69) is 15.0 Å². The molecule has 0 radical (unpaired) electrons. The van der Waals surface area contributed by atoms with Crippen molar-refractivity contribution < 1.29 is 45.7 Å². The average molecular weight is 677 g/mol. The van der Waals surface area contributed by atoms with Crippen LogP contribution < -0.4 is 14.4 Å². The summed E-state index contributed by atoms with van der Waals surface area (Å²) < 4.78 is 94.8. The Morgan fingerprint density at radius 2 is 1.56 bits per heavy atom. The van der Waals surface area contributed by atoms with Crippen LogP contribution in [0.5, 0.6) is 11.5 Å². The summed E-state index contributed by atoms with van der Waals surface area (Å²) in [4.78, 5) is 25.7. The summed E-state index contributed by atoms with van der Waals surface area (Å²) in [6, 6.07) is 11.9. The monoisotopic (exact) mass is 676 g/mol. The van der Waals surface area contributed by atoms with Gasteiger partial charge in [0.15, 0.2) is 5.75 Å². The van der Waals surface area contributed by atoms with Crippen LogP contribution in [0.15, 0.2) is 73.2 Å². The number of carboxylic acids is 1. The average Bonchev–Trinajstić information content (AvgIpc) is 3.04. The summed E-state index contributed by atoms with van der Waals surface area (Å²) in [6.45, 7) is 5.19. The van der Waals surface area contributed by atoms with Gasteiger partial charge in [-0.15, -0.1) is 0 Å². The van der Waals surface area contributed by atoms with E-state index in [9.17, 15) is 31.1 Å². The van der Waals surface area contributed by atoms with Crippen molar-refractivity contribution in [2.45, 2.75) is 64.0 Å². The first-order valence-electron chi connectivity index (χ1n) is 14.9. The topological polar surface area (TPSA) is 97.7 Å². The smallest absolute Gasteiger partial charge is 0.416 e. The second-order valence-corrected chi connectivity index (χ2v) is 11.5. The fourth-order valence-corrected chi connectivity index (χ4v) is 5.20. The molecule has 0 amide bonds. The van der Waals surface area contributed by atoms with Gasteiger partial charge in [0.25, 0.3) is 0 Å². The van der Waals surface area contributed by atoms with E-state index < -0.39 is 41.5 Å². The van der Waals surface area contributed by atoms with Crippen LogP contribution in [-0.2, 0) is 29.2 Å². The second kappa shape index (κ2) is 14.5. The van der Waals surface area contributed by atoms with Gasteiger partial charge in [-0.2, -0.15) is 26.3 Å². The molecule has 1 atom stereocenters. The SMILES string of the molecule is COc1ccc(C(C)C)cc1C(C)(c1ccccn1)N(Cc1cc(C(F)(F)F)cc(C(F)(F)F)c1)c1ncc(OCCCC(=O)O)cn1. The van der Waals surface area contributed by atoms with Crippen molar-refractivity contribution in [1.29, 1.82) is 0 Å². The number of anilines is 1. The molecule has 2 heterocycles. The van der Waals surface area contributed by atoms with Gasteiger partial charge < -0.3 is 19.5 Å². The van der Waals surface area contributed by atoms with Crippen LogP contribution in [0.25, 0.3) is 0 Å². The van der Waals surface area contributed by atoms with E-state index in [1.54, 1.807) is 31.2 Å². The van der Waals surface area contributed by atoms with E-state index in [1.165, 1.54) is 30.6 Å². The highest BCUT2D eigenvalue weighted by atomic mass is 19.4. The molecule has 2 aromatic heterocycles. The van der Waals surface area contributed by atoms with Gasteiger partial charge in [-0.1, -0.05) is 26.0 Å². The van der Waals surface area contributed by atoms with Crippen LogP contribution in [0.2, 0.25) is 0 Å². The molecule has 0 saturated carbocycles. The molecule has 4 aromatic rings. The van der Waals surface area contributed by atoms with Gasteiger partial charge in [-0.3, -0.25) is 9.78 Å². The standard InChI is InChI=1S/C34H34F6N4O4/c1-21(2)23-10-11-28(47-4)27(16-23)32(3,29-8-5-6-12-41-29)44(31-42-18-26(19-43-31)48-13-7-9-30(45)46)20-22-14-24(33(35,36)37)17-25(15-22)34(38,39)40/h5-6,8,10-12,14-19,21H,7,9,13,20H2,1-4H3,(H,45,46). The highest BCUT2D eigenvalue weighted by molar-refractivity contribution is 5.66. The van der Waals surface area contributed by atoms with E-state index in [-0.39, 0.29) is 48.7 Å². The van der Waals surface area contributed by atoms with Crippen molar-refractivity contribution in [3.8, 4) is 11.5 Å². The van der Waals surface area contributed by atoms with Gasteiger partial charge in [0.1, 0.15) is 11.3 Å². The zero-order valence-corrected chi connectivity index (χ0v) is 26.6. The third kappa shape index (κ3) is 8.33. The zero-order valence-electron chi connectivity index (χ0n) is 26.6. The fourth-order valence-electron chi connectivity index (χ4n) is 5.20. The van der Waals surface area contributed by atoms with Crippen molar-refractivity contribution >= 4 is 11.9 Å². The van der Waals surface area contributed by atoms with Crippen LogP contribution in [-0.4, -0.2) is 39.7 Å². The molecule has 0 spiro atoms. The quantitative estimate of drug-likeness (QED) is 0.112. The van der Waals surface area contributed by atoms with Crippen LogP contribution in [0.3, 0.4) is 0 Å².